The van der Waals surface area contributed by atoms with Crippen molar-refractivity contribution in [2.75, 3.05) is 13.2 Å². The van der Waals surface area contributed by atoms with Gasteiger partial charge in [-0.1, -0.05) is 39.5 Å². The first-order valence-electron chi connectivity index (χ1n) is 3.70. The van der Waals surface area contributed by atoms with Gasteiger partial charge >= 0.3 is 0 Å². The summed E-state index contributed by atoms with van der Waals surface area (Å²) in [6.45, 7) is 7.75. The van der Waals surface area contributed by atoms with E-state index in [9.17, 15) is 10.2 Å². The van der Waals surface area contributed by atoms with Gasteiger partial charge in [-0.05, 0) is 0 Å². The van der Waals surface area contributed by atoms with Crippen molar-refractivity contribution < 1.29 is 36.1 Å². The van der Waals surface area contributed by atoms with E-state index in [4.69, 9.17) is 0 Å². The summed E-state index contributed by atoms with van der Waals surface area (Å²) in [6, 6.07) is 0. The van der Waals surface area contributed by atoms with E-state index in [2.05, 4.69) is 0 Å². The molecule has 0 saturated carbocycles. The summed E-state index contributed by atoms with van der Waals surface area (Å²) in [5.74, 6) is 0.657. The molecule has 0 atom stereocenters. The predicted octanol–water partition coefficient (Wildman–Crippen LogP) is 0.00290. The normalized spacial score (nSPS) is 8.73. The van der Waals surface area contributed by atoms with E-state index >= 15 is 0 Å². The van der Waals surface area contributed by atoms with Crippen LogP contribution in [-0.4, -0.2) is 13.2 Å². The second-order valence-electron chi connectivity index (χ2n) is 3.12. The van der Waals surface area contributed by atoms with Crippen molar-refractivity contribution in [1.82, 2.24) is 0 Å². The molecule has 2 nitrogen and oxygen atoms in total. The van der Waals surface area contributed by atoms with Gasteiger partial charge in [-0.25, -0.2) is 0 Å². The van der Waals surface area contributed by atoms with Crippen LogP contribution in [0, 0.1) is 11.8 Å². The van der Waals surface area contributed by atoms with Crippen LogP contribution >= 0.6 is 0 Å². The van der Waals surface area contributed by atoms with Crippen molar-refractivity contribution in [2.24, 2.45) is 11.8 Å². The minimum absolute atomic E-state index is 0. The smallest absolute Gasteiger partial charge is 0 e. The van der Waals surface area contributed by atoms with Gasteiger partial charge in [0, 0.05) is 25.8 Å². The van der Waals surface area contributed by atoms with Gasteiger partial charge in [0.1, 0.15) is 0 Å². The van der Waals surface area contributed by atoms with E-state index in [-0.39, 0.29) is 39.1 Å². The third kappa shape index (κ3) is 36.3. The summed E-state index contributed by atoms with van der Waals surface area (Å²) in [6.07, 6.45) is 0. The molecular weight excluding hydrogens is 307 g/mol. The van der Waals surface area contributed by atoms with Gasteiger partial charge in [0.25, 0.3) is 0 Å². The van der Waals surface area contributed by atoms with Gasteiger partial charge in [0.05, 0.1) is 0 Å². The maximum atomic E-state index is 9.63. The molecule has 0 heterocycles. The molecule has 0 saturated heterocycles. The fourth-order valence-electron chi connectivity index (χ4n) is 0. The fourth-order valence-corrected chi connectivity index (χ4v) is 0. The van der Waals surface area contributed by atoms with Crippen LogP contribution in [0.15, 0.2) is 0 Å². The standard InChI is InChI=1S/2C4H9O.Hf/c2*1-4(2)3-5;/h2*4H,3H2,1-2H3;/q2*-1;. The quantitative estimate of drug-likeness (QED) is 0.672. The minimum atomic E-state index is 0. The fraction of sp³-hybridized carbons (Fsp3) is 1.00. The topological polar surface area (TPSA) is 46.1 Å². The van der Waals surface area contributed by atoms with Crippen molar-refractivity contribution in [3.63, 3.8) is 0 Å². The maximum Gasteiger partial charge on any atom is 0 e. The molecule has 0 aliphatic rings. The Morgan fingerprint density at radius 1 is 0.818 bits per heavy atom. The van der Waals surface area contributed by atoms with Crippen LogP contribution in [0.5, 0.6) is 0 Å². The van der Waals surface area contributed by atoms with Gasteiger partial charge in [0.15, 0.2) is 0 Å². The molecule has 11 heavy (non-hydrogen) atoms. The molecule has 0 aromatic carbocycles. The predicted molar refractivity (Wildman–Crippen MR) is 39.4 cm³/mol. The van der Waals surface area contributed by atoms with Crippen molar-refractivity contribution in [1.29, 1.82) is 0 Å². The van der Waals surface area contributed by atoms with Crippen LogP contribution in [0.4, 0.5) is 0 Å². The van der Waals surface area contributed by atoms with Crippen molar-refractivity contribution in [2.45, 2.75) is 27.7 Å². The molecule has 68 valence electrons. The van der Waals surface area contributed by atoms with E-state index in [0.717, 1.165) is 0 Å². The first kappa shape index (κ1) is 17.8. The summed E-state index contributed by atoms with van der Waals surface area (Å²) in [5, 5.41) is 19.3. The zero-order valence-corrected chi connectivity index (χ0v) is 11.5. The van der Waals surface area contributed by atoms with Crippen LogP contribution in [-0.2, 0) is 25.8 Å². The van der Waals surface area contributed by atoms with Gasteiger partial charge in [-0.3, -0.25) is 0 Å². The Balaban J connectivity index is -0.000000107. The maximum absolute atomic E-state index is 9.63. The Labute approximate surface area is 88.8 Å². The van der Waals surface area contributed by atoms with Crippen LogP contribution in [0.3, 0.4) is 0 Å². The molecule has 0 bridgehead atoms. The van der Waals surface area contributed by atoms with E-state index < -0.39 is 0 Å². The SMILES string of the molecule is CC(C)C[O-].CC(C)C[O-].[Hf]. The number of rotatable bonds is 2. The van der Waals surface area contributed by atoms with Crippen LogP contribution in [0.25, 0.3) is 0 Å². The summed E-state index contributed by atoms with van der Waals surface area (Å²) in [5.41, 5.74) is 0. The molecule has 0 spiro atoms. The molecule has 0 fully saturated rings. The summed E-state index contributed by atoms with van der Waals surface area (Å²) in [7, 11) is 0. The number of hydrogen-bond acceptors (Lipinski definition) is 2. The van der Waals surface area contributed by atoms with E-state index in [1.807, 2.05) is 27.7 Å². The molecule has 3 heteroatoms. The summed E-state index contributed by atoms with van der Waals surface area (Å²) >= 11 is 0. The zero-order chi connectivity index (χ0) is 8.57. The largest absolute Gasteiger partial charge is 0.854 e. The van der Waals surface area contributed by atoms with Crippen molar-refractivity contribution in [3.05, 3.63) is 0 Å². The molecule has 0 rings (SSSR count). The third-order valence-electron chi connectivity index (χ3n) is 0.667. The van der Waals surface area contributed by atoms with Gasteiger partial charge in [-0.2, -0.15) is 0 Å². The summed E-state index contributed by atoms with van der Waals surface area (Å²) < 4.78 is 0. The Morgan fingerprint density at radius 2 is 0.909 bits per heavy atom. The average Bonchev–Trinajstić information content (AvgIpc) is 1.89. The van der Waals surface area contributed by atoms with Crippen LogP contribution in [0.2, 0.25) is 0 Å². The Bertz CT molecular complexity index is 48.1. The molecular formula is C8H18HfO2-2. The Hall–Kier alpha value is 0.790. The third-order valence-corrected chi connectivity index (χ3v) is 0.667. The first-order valence-corrected chi connectivity index (χ1v) is 3.70. The van der Waals surface area contributed by atoms with E-state index in [1.54, 1.807) is 0 Å². The first-order chi connectivity index (χ1) is 4.54. The van der Waals surface area contributed by atoms with Crippen LogP contribution < -0.4 is 10.2 Å². The number of hydrogen-bond donors (Lipinski definition) is 0. The molecule has 0 aliphatic carbocycles. The monoisotopic (exact) mass is 326 g/mol. The second kappa shape index (κ2) is 13.4. The Morgan fingerprint density at radius 3 is 0.909 bits per heavy atom. The Kier molecular flexibility index (Phi) is 21.6. The van der Waals surface area contributed by atoms with Gasteiger partial charge in [-0.15, -0.1) is 13.2 Å². The molecule has 0 radical (unpaired) electrons. The van der Waals surface area contributed by atoms with Crippen molar-refractivity contribution in [3.8, 4) is 0 Å². The second-order valence-corrected chi connectivity index (χ2v) is 3.12. The molecule has 0 unspecified atom stereocenters. The average molecular weight is 325 g/mol. The molecule has 0 aromatic heterocycles. The minimum Gasteiger partial charge on any atom is -0.854 e. The molecule has 0 N–H and O–H groups in total. The van der Waals surface area contributed by atoms with Crippen molar-refractivity contribution >= 4 is 0 Å². The summed E-state index contributed by atoms with van der Waals surface area (Å²) in [4.78, 5) is 0. The van der Waals surface area contributed by atoms with Gasteiger partial charge in [0.2, 0.25) is 0 Å². The molecule has 0 aliphatic heterocycles. The molecule has 0 aromatic rings. The van der Waals surface area contributed by atoms with E-state index in [0.29, 0.717) is 11.8 Å². The van der Waals surface area contributed by atoms with Gasteiger partial charge < -0.3 is 10.2 Å². The van der Waals surface area contributed by atoms with E-state index in [1.165, 1.54) is 0 Å². The van der Waals surface area contributed by atoms with Crippen LogP contribution in [0.1, 0.15) is 27.7 Å². The molecule has 0 amide bonds. The zero-order valence-electron chi connectivity index (χ0n) is 7.89.